The third kappa shape index (κ3) is 10.3. The van der Waals surface area contributed by atoms with E-state index in [1.165, 1.54) is 6.07 Å². The van der Waals surface area contributed by atoms with Crippen LogP contribution in [0.2, 0.25) is 0 Å². The second kappa shape index (κ2) is 15.9. The molecule has 4 rings (SSSR count). The van der Waals surface area contributed by atoms with Gasteiger partial charge in [-0.05, 0) is 105 Å². The van der Waals surface area contributed by atoms with Crippen molar-refractivity contribution in [2.45, 2.75) is 99.1 Å². The number of hydrogen-bond donors (Lipinski definition) is 1. The van der Waals surface area contributed by atoms with E-state index in [2.05, 4.69) is 33.2 Å². The maximum Gasteiger partial charge on any atom is 0.433 e. The third-order valence-corrected chi connectivity index (χ3v) is 7.95. The molecule has 1 atom stereocenters. The van der Waals surface area contributed by atoms with Crippen LogP contribution in [-0.4, -0.2) is 27.5 Å². The summed E-state index contributed by atoms with van der Waals surface area (Å²) in [7, 11) is 0. The first kappa shape index (κ1) is 37.1. The summed E-state index contributed by atoms with van der Waals surface area (Å²) in [6, 6.07) is 10.4. The Morgan fingerprint density at radius 2 is 1.72 bits per heavy atom. The number of ketones is 1. The summed E-state index contributed by atoms with van der Waals surface area (Å²) in [5.41, 5.74) is 12.5. The Balaban J connectivity index is 0.000000261. The van der Waals surface area contributed by atoms with Gasteiger partial charge in [0.25, 0.3) is 5.91 Å². The summed E-state index contributed by atoms with van der Waals surface area (Å²) in [5.74, 6) is -0.0922. The topological polar surface area (TPSA) is 122 Å². The molecule has 1 saturated carbocycles. The molecule has 1 aromatic carbocycles. The average molecular weight is 648 g/mol. The number of rotatable bonds is 10. The van der Waals surface area contributed by atoms with Crippen LogP contribution in [0.4, 0.5) is 13.2 Å². The molecular formula is C37H44F3N5O2. The van der Waals surface area contributed by atoms with Crippen LogP contribution in [0.1, 0.15) is 111 Å². The Bertz CT molecular complexity index is 1660. The van der Waals surface area contributed by atoms with Gasteiger partial charge in [0, 0.05) is 35.6 Å². The van der Waals surface area contributed by atoms with Crippen molar-refractivity contribution in [2.75, 3.05) is 0 Å². The van der Waals surface area contributed by atoms with Crippen LogP contribution < -0.4 is 5.73 Å². The van der Waals surface area contributed by atoms with Crippen molar-refractivity contribution in [1.29, 1.82) is 5.26 Å². The van der Waals surface area contributed by atoms with Gasteiger partial charge < -0.3 is 5.73 Å². The maximum absolute atomic E-state index is 12.9. The minimum atomic E-state index is -4.51. The van der Waals surface area contributed by atoms with Crippen LogP contribution in [0.25, 0.3) is 11.1 Å². The fourth-order valence-electron chi connectivity index (χ4n) is 5.77. The van der Waals surface area contributed by atoms with Crippen LogP contribution in [0, 0.1) is 43.9 Å². The smallest absolute Gasteiger partial charge is 0.383 e. The molecule has 1 aliphatic rings. The van der Waals surface area contributed by atoms with Crippen molar-refractivity contribution < 1.29 is 22.8 Å². The number of Topliss-reactive ketones (excluding diaryl/α,β-unsaturated/α-hetero) is 1. The van der Waals surface area contributed by atoms with Gasteiger partial charge in [-0.15, -0.1) is 0 Å². The molecule has 0 radical (unpaired) electrons. The summed E-state index contributed by atoms with van der Waals surface area (Å²) in [4.78, 5) is 35.8. The molecule has 1 fully saturated rings. The van der Waals surface area contributed by atoms with Crippen LogP contribution in [0.3, 0.4) is 0 Å². The van der Waals surface area contributed by atoms with E-state index in [0.29, 0.717) is 42.1 Å². The second-order valence-corrected chi connectivity index (χ2v) is 12.8. The Morgan fingerprint density at radius 3 is 2.21 bits per heavy atom. The number of carbonyl (C=O) groups is 2. The number of halogens is 3. The molecule has 47 heavy (non-hydrogen) atoms. The van der Waals surface area contributed by atoms with Gasteiger partial charge in [-0.2, -0.15) is 23.4 Å². The molecular weight excluding hydrogens is 603 g/mol. The first-order valence-corrected chi connectivity index (χ1v) is 16.0. The lowest BCUT2D eigenvalue weighted by Crippen LogP contribution is -2.23. The van der Waals surface area contributed by atoms with Crippen LogP contribution in [-0.2, 0) is 22.2 Å². The molecule has 2 heterocycles. The highest BCUT2D eigenvalue weighted by Gasteiger charge is 2.36. The monoisotopic (exact) mass is 647 g/mol. The number of nitrogens with zero attached hydrogens (tertiary/aromatic N) is 4. The van der Waals surface area contributed by atoms with Crippen LogP contribution in [0.5, 0.6) is 0 Å². The molecule has 2 N–H and O–H groups in total. The van der Waals surface area contributed by atoms with Gasteiger partial charge in [0.2, 0.25) is 0 Å². The highest BCUT2D eigenvalue weighted by molar-refractivity contribution is 6.05. The number of alkyl halides is 3. The van der Waals surface area contributed by atoms with E-state index in [9.17, 15) is 22.8 Å². The van der Waals surface area contributed by atoms with Crippen molar-refractivity contribution in [3.8, 4) is 17.2 Å². The Kier molecular flexibility index (Phi) is 12.6. The molecule has 7 nitrogen and oxygen atoms in total. The first-order chi connectivity index (χ1) is 22.0. The van der Waals surface area contributed by atoms with E-state index in [4.69, 9.17) is 11.0 Å². The zero-order valence-corrected chi connectivity index (χ0v) is 28.3. The lowest BCUT2D eigenvalue weighted by molar-refractivity contribution is -0.141. The minimum Gasteiger partial charge on any atom is -0.383 e. The zero-order valence-electron chi connectivity index (χ0n) is 28.3. The Morgan fingerprint density at radius 1 is 1.09 bits per heavy atom. The lowest BCUT2D eigenvalue weighted by atomic mass is 9.92. The van der Waals surface area contributed by atoms with E-state index in [0.717, 1.165) is 58.7 Å². The quantitative estimate of drug-likeness (QED) is 0.174. The summed E-state index contributed by atoms with van der Waals surface area (Å²) in [5, 5.41) is 8.96. The van der Waals surface area contributed by atoms with Gasteiger partial charge in [-0.3, -0.25) is 9.59 Å². The molecule has 2 aromatic heterocycles. The van der Waals surface area contributed by atoms with Gasteiger partial charge in [-0.25, -0.2) is 9.97 Å². The lowest BCUT2D eigenvalue weighted by Gasteiger charge is -2.16. The molecule has 10 heteroatoms. The number of amidine groups is 1. The molecule has 0 saturated heterocycles. The second-order valence-electron chi connectivity index (χ2n) is 12.8. The number of benzene rings is 1. The summed E-state index contributed by atoms with van der Waals surface area (Å²) < 4.78 is 38.8. The number of aliphatic imine (C=N–C) groups is 1. The van der Waals surface area contributed by atoms with Crippen molar-refractivity contribution in [1.82, 2.24) is 9.97 Å². The fourth-order valence-corrected chi connectivity index (χ4v) is 5.77. The zero-order chi connectivity index (χ0) is 35.1. The van der Waals surface area contributed by atoms with Gasteiger partial charge in [-0.1, -0.05) is 39.3 Å². The largest absolute Gasteiger partial charge is 0.433 e. The molecule has 0 unspecified atom stereocenters. The predicted octanol–water partition coefficient (Wildman–Crippen LogP) is 8.35. The number of amides is 1. The van der Waals surface area contributed by atoms with Gasteiger partial charge >= 0.3 is 6.18 Å². The summed E-state index contributed by atoms with van der Waals surface area (Å²) in [6.45, 7) is 13.6. The van der Waals surface area contributed by atoms with Gasteiger partial charge in [0.05, 0.1) is 5.69 Å². The average Bonchev–Trinajstić information content (AvgIpc) is 3.81. The predicted molar refractivity (Wildman–Crippen MR) is 178 cm³/mol. The Hall–Kier alpha value is -4.39. The van der Waals surface area contributed by atoms with E-state index < -0.39 is 11.9 Å². The van der Waals surface area contributed by atoms with Crippen molar-refractivity contribution in [3.05, 3.63) is 81.4 Å². The SMILES string of the molecule is CC(=O)Cc1cc(C)c(-c2cnc(C#N)c(C)c2)c(C)c1.CCC[C@@H](CC(C)C)C(=O)N=C(N)c1ccc(C(F)(F)F)nc1C1CC1. The molecule has 3 aromatic rings. The number of hydrogen-bond acceptors (Lipinski definition) is 5. The molecule has 1 aliphatic carbocycles. The molecule has 0 bridgehead atoms. The maximum atomic E-state index is 12.9. The Labute approximate surface area is 275 Å². The fraction of sp³-hybridized carbons (Fsp3) is 0.459. The number of pyridine rings is 2. The van der Waals surface area contributed by atoms with Crippen LogP contribution >= 0.6 is 0 Å². The van der Waals surface area contributed by atoms with Crippen molar-refractivity contribution >= 4 is 17.5 Å². The number of nitrogens with two attached hydrogens (primary N) is 1. The highest BCUT2D eigenvalue weighted by atomic mass is 19.4. The highest BCUT2D eigenvalue weighted by Crippen LogP contribution is 2.42. The molecule has 1 amide bonds. The van der Waals surface area contributed by atoms with E-state index >= 15 is 0 Å². The molecule has 0 spiro atoms. The van der Waals surface area contributed by atoms with E-state index in [-0.39, 0.29) is 29.4 Å². The first-order valence-electron chi connectivity index (χ1n) is 16.0. The van der Waals surface area contributed by atoms with E-state index in [1.807, 2.05) is 47.6 Å². The van der Waals surface area contributed by atoms with Crippen LogP contribution in [0.15, 0.2) is 41.5 Å². The van der Waals surface area contributed by atoms with Crippen molar-refractivity contribution in [3.63, 3.8) is 0 Å². The minimum absolute atomic E-state index is 0.0389. The molecule has 250 valence electrons. The van der Waals surface area contributed by atoms with Crippen molar-refractivity contribution in [2.24, 2.45) is 22.6 Å². The standard InChI is InChI=1S/C19H26F3N3O.C18H18N2O/c1-4-5-13(10-11(2)3)18(26)25-17(23)14-8-9-15(19(20,21)22)24-16(14)12-6-7-12;1-11-7-16(10-20-17(11)9-19)18-12(2)5-15(6-13(18)3)8-14(4)21/h8-9,11-13H,4-7,10H2,1-3H3,(H2,23,25,26);5-7,10H,8H2,1-4H3/t13-;/m0./s1. The number of aryl methyl sites for hydroxylation is 3. The van der Waals surface area contributed by atoms with E-state index in [1.54, 1.807) is 13.1 Å². The van der Waals surface area contributed by atoms with Gasteiger partial charge in [0.1, 0.15) is 29.1 Å². The summed E-state index contributed by atoms with van der Waals surface area (Å²) >= 11 is 0. The third-order valence-electron chi connectivity index (χ3n) is 7.95. The number of carbonyl (C=O) groups excluding carboxylic acids is 2. The number of aromatic nitrogens is 2. The molecule has 0 aliphatic heterocycles. The summed E-state index contributed by atoms with van der Waals surface area (Å²) in [6.07, 6.45) is 1.53. The number of nitriles is 1. The normalized spacial score (nSPS) is 13.9. The van der Waals surface area contributed by atoms with Gasteiger partial charge in [0.15, 0.2) is 0 Å².